The number of halogens is 1. The number of ether oxygens (including phenoxy) is 1. The molecule has 0 saturated heterocycles. The van der Waals surface area contributed by atoms with E-state index < -0.39 is 0 Å². The van der Waals surface area contributed by atoms with Gasteiger partial charge in [-0.1, -0.05) is 12.1 Å². The molecule has 1 amide bonds. The Morgan fingerprint density at radius 3 is 2.61 bits per heavy atom. The second-order valence-electron chi connectivity index (χ2n) is 5.69. The first-order valence-corrected chi connectivity index (χ1v) is 7.60. The number of rotatable bonds is 4. The Labute approximate surface area is 133 Å². The monoisotopic (exact) mass is 315 g/mol. The SMILES string of the molecule is COc1ccc(C(=O)N[C@H]2CC[C@H](c3ccc(F)cc3)C2)nn1. The van der Waals surface area contributed by atoms with Crippen LogP contribution < -0.4 is 10.1 Å². The number of amides is 1. The van der Waals surface area contributed by atoms with Gasteiger partial charge in [-0.05, 0) is 48.9 Å². The molecular formula is C17H18FN3O2. The molecule has 120 valence electrons. The highest BCUT2D eigenvalue weighted by Crippen LogP contribution is 2.34. The predicted molar refractivity (Wildman–Crippen MR) is 82.8 cm³/mol. The largest absolute Gasteiger partial charge is 0.480 e. The number of nitrogens with one attached hydrogen (secondary N) is 1. The van der Waals surface area contributed by atoms with Crippen LogP contribution in [0, 0.1) is 5.82 Å². The molecule has 1 N–H and O–H groups in total. The summed E-state index contributed by atoms with van der Waals surface area (Å²) in [5, 5.41) is 10.6. The van der Waals surface area contributed by atoms with Crippen LogP contribution in [0.5, 0.6) is 5.88 Å². The van der Waals surface area contributed by atoms with E-state index in [9.17, 15) is 9.18 Å². The molecule has 2 aromatic rings. The summed E-state index contributed by atoms with van der Waals surface area (Å²) in [5.41, 5.74) is 1.39. The van der Waals surface area contributed by atoms with E-state index in [1.54, 1.807) is 12.1 Å². The van der Waals surface area contributed by atoms with Gasteiger partial charge in [-0.3, -0.25) is 4.79 Å². The third kappa shape index (κ3) is 3.64. The molecule has 5 nitrogen and oxygen atoms in total. The van der Waals surface area contributed by atoms with Gasteiger partial charge in [0.15, 0.2) is 5.69 Å². The molecule has 1 aliphatic rings. The fourth-order valence-electron chi connectivity index (χ4n) is 2.96. The number of carbonyl (C=O) groups is 1. The van der Waals surface area contributed by atoms with E-state index in [0.717, 1.165) is 24.8 Å². The van der Waals surface area contributed by atoms with Crippen LogP contribution in [0.3, 0.4) is 0 Å². The lowest BCUT2D eigenvalue weighted by Crippen LogP contribution is -2.33. The number of methoxy groups -OCH3 is 1. The molecule has 0 spiro atoms. The fraction of sp³-hybridized carbons (Fsp3) is 0.353. The van der Waals surface area contributed by atoms with Crippen molar-refractivity contribution >= 4 is 5.91 Å². The van der Waals surface area contributed by atoms with Gasteiger partial charge in [-0.25, -0.2) is 4.39 Å². The van der Waals surface area contributed by atoms with E-state index in [2.05, 4.69) is 15.5 Å². The van der Waals surface area contributed by atoms with Crippen molar-refractivity contribution in [1.82, 2.24) is 15.5 Å². The molecule has 1 fully saturated rings. The zero-order valence-corrected chi connectivity index (χ0v) is 12.8. The molecule has 1 aromatic heterocycles. The van der Waals surface area contributed by atoms with Gasteiger partial charge in [-0.2, -0.15) is 0 Å². The summed E-state index contributed by atoms with van der Waals surface area (Å²) in [6.07, 6.45) is 2.73. The second-order valence-corrected chi connectivity index (χ2v) is 5.69. The highest BCUT2D eigenvalue weighted by molar-refractivity contribution is 5.92. The van der Waals surface area contributed by atoms with Crippen molar-refractivity contribution in [2.45, 2.75) is 31.2 Å². The smallest absolute Gasteiger partial charge is 0.272 e. The second kappa shape index (κ2) is 6.73. The molecule has 2 atom stereocenters. The van der Waals surface area contributed by atoms with E-state index >= 15 is 0 Å². The van der Waals surface area contributed by atoms with E-state index in [-0.39, 0.29) is 23.5 Å². The standard InChI is InChI=1S/C17H18FN3O2/c1-23-16-9-8-15(20-21-16)17(22)19-14-7-4-12(10-14)11-2-5-13(18)6-3-11/h2-3,5-6,8-9,12,14H,4,7,10H2,1H3,(H,19,22)/t12-,14-/m0/s1. The van der Waals surface area contributed by atoms with Crippen molar-refractivity contribution in [3.63, 3.8) is 0 Å². The van der Waals surface area contributed by atoms with Gasteiger partial charge < -0.3 is 10.1 Å². The number of aromatic nitrogens is 2. The molecule has 0 aliphatic heterocycles. The number of hydrogen-bond donors (Lipinski definition) is 1. The van der Waals surface area contributed by atoms with Gasteiger partial charge in [0.2, 0.25) is 5.88 Å². The van der Waals surface area contributed by atoms with Gasteiger partial charge in [0, 0.05) is 12.1 Å². The first-order chi connectivity index (χ1) is 11.2. The first-order valence-electron chi connectivity index (χ1n) is 7.60. The minimum absolute atomic E-state index is 0.0986. The van der Waals surface area contributed by atoms with Crippen molar-refractivity contribution < 1.29 is 13.9 Å². The van der Waals surface area contributed by atoms with Crippen LogP contribution in [0.15, 0.2) is 36.4 Å². The summed E-state index contributed by atoms with van der Waals surface area (Å²) in [5.74, 6) is 0.265. The van der Waals surface area contributed by atoms with Crippen molar-refractivity contribution in [1.29, 1.82) is 0 Å². The molecule has 3 rings (SSSR count). The number of nitrogens with zero attached hydrogens (tertiary/aromatic N) is 2. The lowest BCUT2D eigenvalue weighted by Gasteiger charge is -2.13. The van der Waals surface area contributed by atoms with Crippen LogP contribution >= 0.6 is 0 Å². The molecule has 1 heterocycles. The molecule has 6 heteroatoms. The predicted octanol–water partition coefficient (Wildman–Crippen LogP) is 2.69. The molecule has 0 unspecified atom stereocenters. The average molecular weight is 315 g/mol. The maximum Gasteiger partial charge on any atom is 0.272 e. The third-order valence-electron chi connectivity index (χ3n) is 4.19. The van der Waals surface area contributed by atoms with Crippen LogP contribution in [-0.4, -0.2) is 29.3 Å². The van der Waals surface area contributed by atoms with Gasteiger partial charge >= 0.3 is 0 Å². The van der Waals surface area contributed by atoms with E-state index in [0.29, 0.717) is 11.8 Å². The Morgan fingerprint density at radius 1 is 1.17 bits per heavy atom. The number of benzene rings is 1. The first kappa shape index (κ1) is 15.4. The summed E-state index contributed by atoms with van der Waals surface area (Å²) < 4.78 is 17.9. The molecular weight excluding hydrogens is 297 g/mol. The van der Waals surface area contributed by atoms with Gasteiger partial charge in [0.25, 0.3) is 5.91 Å². The molecule has 1 aromatic carbocycles. The zero-order chi connectivity index (χ0) is 16.2. The van der Waals surface area contributed by atoms with Crippen molar-refractivity contribution in [2.75, 3.05) is 7.11 Å². The van der Waals surface area contributed by atoms with Crippen LogP contribution in [0.25, 0.3) is 0 Å². The Kier molecular flexibility index (Phi) is 4.50. The summed E-state index contributed by atoms with van der Waals surface area (Å²) >= 11 is 0. The highest BCUT2D eigenvalue weighted by atomic mass is 19.1. The third-order valence-corrected chi connectivity index (χ3v) is 4.19. The van der Waals surface area contributed by atoms with Crippen LogP contribution in [-0.2, 0) is 0 Å². The molecule has 1 saturated carbocycles. The average Bonchev–Trinajstić information content (AvgIpc) is 3.04. The minimum atomic E-state index is -0.232. The summed E-state index contributed by atoms with van der Waals surface area (Å²) in [4.78, 5) is 12.2. The van der Waals surface area contributed by atoms with Crippen molar-refractivity contribution in [2.24, 2.45) is 0 Å². The maximum atomic E-state index is 13.0. The number of carbonyl (C=O) groups excluding carboxylic acids is 1. The molecule has 23 heavy (non-hydrogen) atoms. The topological polar surface area (TPSA) is 64.1 Å². The van der Waals surface area contributed by atoms with Crippen LogP contribution in [0.4, 0.5) is 4.39 Å². The summed E-state index contributed by atoms with van der Waals surface area (Å²) in [6.45, 7) is 0. The van der Waals surface area contributed by atoms with E-state index in [1.807, 2.05) is 12.1 Å². The normalized spacial score (nSPS) is 20.3. The molecule has 0 radical (unpaired) electrons. The zero-order valence-electron chi connectivity index (χ0n) is 12.8. The lowest BCUT2D eigenvalue weighted by molar-refractivity contribution is 0.0931. The van der Waals surface area contributed by atoms with Crippen LogP contribution in [0.1, 0.15) is 41.2 Å². The highest BCUT2D eigenvalue weighted by Gasteiger charge is 2.27. The summed E-state index contributed by atoms with van der Waals surface area (Å²) in [7, 11) is 1.50. The lowest BCUT2D eigenvalue weighted by atomic mass is 9.97. The maximum absolute atomic E-state index is 13.0. The molecule has 1 aliphatic carbocycles. The summed E-state index contributed by atoms with van der Waals surface area (Å²) in [6, 6.07) is 9.90. The quantitative estimate of drug-likeness (QED) is 0.942. The van der Waals surface area contributed by atoms with Gasteiger partial charge in [-0.15, -0.1) is 10.2 Å². The number of hydrogen-bond acceptors (Lipinski definition) is 4. The van der Waals surface area contributed by atoms with Gasteiger partial charge in [0.05, 0.1) is 7.11 Å². The Balaban J connectivity index is 1.58. The van der Waals surface area contributed by atoms with E-state index in [4.69, 9.17) is 4.74 Å². The van der Waals surface area contributed by atoms with E-state index in [1.165, 1.54) is 19.2 Å². The Hall–Kier alpha value is -2.50. The molecule has 0 bridgehead atoms. The minimum Gasteiger partial charge on any atom is -0.480 e. The Morgan fingerprint density at radius 2 is 1.96 bits per heavy atom. The van der Waals surface area contributed by atoms with Gasteiger partial charge in [0.1, 0.15) is 5.82 Å². The van der Waals surface area contributed by atoms with Crippen LogP contribution in [0.2, 0.25) is 0 Å². The van der Waals surface area contributed by atoms with Crippen molar-refractivity contribution in [3.05, 3.63) is 53.5 Å². The Bertz CT molecular complexity index is 673. The fourth-order valence-corrected chi connectivity index (χ4v) is 2.96. The van der Waals surface area contributed by atoms with Crippen molar-refractivity contribution in [3.8, 4) is 5.88 Å².